The molecular weight excluding hydrogens is 550 g/mol. The number of nitrogens with one attached hydrogen (secondary N) is 1. The maximum atomic E-state index is 13.3. The minimum absolute atomic E-state index is 0.0127. The molecule has 9 nitrogen and oxygen atoms in total. The number of para-hydroxylation sites is 3. The Morgan fingerprint density at radius 3 is 2.52 bits per heavy atom. The molecule has 3 aromatic carbocycles. The highest BCUT2D eigenvalue weighted by atomic mass is 32.2. The van der Waals surface area contributed by atoms with E-state index in [1.165, 1.54) is 17.3 Å². The minimum Gasteiger partial charge on any atom is -0.495 e. The molecule has 1 aliphatic rings. The Morgan fingerprint density at radius 2 is 1.74 bits per heavy atom. The average Bonchev–Trinajstić information content (AvgIpc) is 3.45. The van der Waals surface area contributed by atoms with E-state index in [1.807, 2.05) is 51.9 Å². The number of nitrogens with zero attached hydrogens (tertiary/aromatic N) is 4. The number of aromatic nitrogens is 3. The van der Waals surface area contributed by atoms with Crippen LogP contribution >= 0.6 is 11.8 Å². The van der Waals surface area contributed by atoms with Crippen LogP contribution in [0.2, 0.25) is 0 Å². The van der Waals surface area contributed by atoms with Gasteiger partial charge < -0.3 is 19.7 Å². The van der Waals surface area contributed by atoms with E-state index >= 15 is 0 Å². The van der Waals surface area contributed by atoms with Crippen LogP contribution in [0.25, 0.3) is 5.69 Å². The highest BCUT2D eigenvalue weighted by Gasteiger charge is 2.24. The van der Waals surface area contributed by atoms with E-state index in [-0.39, 0.29) is 24.1 Å². The first-order chi connectivity index (χ1) is 20.6. The molecule has 0 spiro atoms. The largest absolute Gasteiger partial charge is 0.495 e. The van der Waals surface area contributed by atoms with Crippen molar-refractivity contribution in [2.75, 3.05) is 30.9 Å². The molecule has 0 unspecified atom stereocenters. The van der Waals surface area contributed by atoms with Crippen LogP contribution in [0.1, 0.15) is 47.9 Å². The van der Waals surface area contributed by atoms with Crippen molar-refractivity contribution >= 4 is 29.3 Å². The molecule has 4 aromatic rings. The van der Waals surface area contributed by atoms with Crippen LogP contribution < -0.4 is 19.7 Å². The van der Waals surface area contributed by atoms with E-state index in [1.54, 1.807) is 31.4 Å². The van der Waals surface area contributed by atoms with Gasteiger partial charge in [0.1, 0.15) is 11.5 Å². The van der Waals surface area contributed by atoms with E-state index in [2.05, 4.69) is 28.5 Å². The summed E-state index contributed by atoms with van der Waals surface area (Å²) in [6.07, 6.45) is 3.95. The van der Waals surface area contributed by atoms with Crippen molar-refractivity contribution < 1.29 is 19.1 Å². The molecule has 218 valence electrons. The third-order valence-electron chi connectivity index (χ3n) is 7.05. The molecule has 0 radical (unpaired) electrons. The molecule has 0 saturated carbocycles. The number of rotatable bonds is 12. The number of carbonyl (C=O) groups is 2. The number of thioether (sulfide) groups is 1. The van der Waals surface area contributed by atoms with E-state index < -0.39 is 0 Å². The van der Waals surface area contributed by atoms with Crippen LogP contribution in [-0.4, -0.2) is 52.6 Å². The highest BCUT2D eigenvalue weighted by molar-refractivity contribution is 7.99. The molecular formula is C32H35N5O4S. The maximum absolute atomic E-state index is 13.3. The fraction of sp³-hybridized carbons (Fsp3) is 0.312. The number of amides is 2. The Balaban J connectivity index is 1.32. The summed E-state index contributed by atoms with van der Waals surface area (Å²) in [7, 11) is 1.60. The first-order valence-electron chi connectivity index (χ1n) is 14.2. The SMILES string of the molecule is CCCCOc1ccc(C(=O)NCc2nnc(SCC(=O)N3CCCc4ccccc43)n2-c2ccccc2OC)cc1. The lowest BCUT2D eigenvalue weighted by Gasteiger charge is -2.29. The van der Waals surface area contributed by atoms with Gasteiger partial charge >= 0.3 is 0 Å². The molecule has 1 N–H and O–H groups in total. The first-order valence-corrected chi connectivity index (χ1v) is 15.2. The molecule has 5 rings (SSSR count). The smallest absolute Gasteiger partial charge is 0.251 e. The molecule has 0 bridgehead atoms. The molecule has 0 atom stereocenters. The Labute approximate surface area is 250 Å². The van der Waals surface area contributed by atoms with Gasteiger partial charge in [0.15, 0.2) is 11.0 Å². The number of unbranched alkanes of at least 4 members (excludes halogenated alkanes) is 1. The second kappa shape index (κ2) is 14.0. The van der Waals surface area contributed by atoms with Gasteiger partial charge in [-0.1, -0.05) is 55.4 Å². The number of anilines is 1. The summed E-state index contributed by atoms with van der Waals surface area (Å²) < 4.78 is 13.2. The summed E-state index contributed by atoms with van der Waals surface area (Å²) in [5, 5.41) is 12.3. The predicted molar refractivity (Wildman–Crippen MR) is 164 cm³/mol. The van der Waals surface area contributed by atoms with Crippen LogP contribution in [0.15, 0.2) is 78.0 Å². The standard InChI is InChI=1S/C32H35N5O4S/c1-3-4-20-41-25-17-15-24(16-18-25)31(39)33-21-29-34-35-32(37(29)27-13-7-8-14-28(27)40-2)42-22-30(38)36-19-9-11-23-10-5-6-12-26(23)36/h5-8,10,12-18H,3-4,9,11,19-22H2,1-2H3,(H,33,39). The third-order valence-corrected chi connectivity index (χ3v) is 7.97. The van der Waals surface area contributed by atoms with Gasteiger partial charge in [0, 0.05) is 17.8 Å². The average molecular weight is 586 g/mol. The van der Waals surface area contributed by atoms with Crippen LogP contribution in [0.3, 0.4) is 0 Å². The molecule has 10 heteroatoms. The van der Waals surface area contributed by atoms with E-state index in [0.717, 1.165) is 42.8 Å². The fourth-order valence-corrected chi connectivity index (χ4v) is 5.70. The maximum Gasteiger partial charge on any atom is 0.251 e. The van der Waals surface area contributed by atoms with Gasteiger partial charge in [0.2, 0.25) is 5.91 Å². The number of hydrogen-bond acceptors (Lipinski definition) is 7. The van der Waals surface area contributed by atoms with Gasteiger partial charge in [-0.25, -0.2) is 0 Å². The number of ether oxygens (including phenoxy) is 2. The Bertz CT molecular complexity index is 1520. The number of aryl methyl sites for hydroxylation is 1. The lowest BCUT2D eigenvalue weighted by atomic mass is 10.0. The van der Waals surface area contributed by atoms with E-state index in [0.29, 0.717) is 35.4 Å². The van der Waals surface area contributed by atoms with E-state index in [4.69, 9.17) is 9.47 Å². The predicted octanol–water partition coefficient (Wildman–Crippen LogP) is 5.46. The number of hydrogen-bond donors (Lipinski definition) is 1. The van der Waals surface area contributed by atoms with Crippen molar-refractivity contribution in [2.24, 2.45) is 0 Å². The number of benzene rings is 3. The number of methoxy groups -OCH3 is 1. The summed E-state index contributed by atoms with van der Waals surface area (Å²) in [6.45, 7) is 3.59. The summed E-state index contributed by atoms with van der Waals surface area (Å²) in [5.41, 5.74) is 3.41. The summed E-state index contributed by atoms with van der Waals surface area (Å²) in [4.78, 5) is 28.2. The topological polar surface area (TPSA) is 98.6 Å². The van der Waals surface area contributed by atoms with Crippen molar-refractivity contribution in [3.05, 3.63) is 89.7 Å². The van der Waals surface area contributed by atoms with E-state index in [9.17, 15) is 9.59 Å². The molecule has 2 heterocycles. The Morgan fingerprint density at radius 1 is 0.976 bits per heavy atom. The molecule has 0 saturated heterocycles. The van der Waals surface area contributed by atoms with Gasteiger partial charge in [0.05, 0.1) is 31.7 Å². The zero-order chi connectivity index (χ0) is 29.3. The zero-order valence-corrected chi connectivity index (χ0v) is 24.7. The first kappa shape index (κ1) is 29.2. The van der Waals surface area contributed by atoms with Crippen molar-refractivity contribution in [2.45, 2.75) is 44.3 Å². The monoisotopic (exact) mass is 585 g/mol. The Kier molecular flexibility index (Phi) is 9.76. The molecule has 0 aliphatic carbocycles. The minimum atomic E-state index is -0.238. The van der Waals surface area contributed by atoms with Crippen molar-refractivity contribution in [3.63, 3.8) is 0 Å². The second-order valence-corrected chi connectivity index (χ2v) is 10.8. The number of fused-ring (bicyclic) bond motifs is 1. The van der Waals surface area contributed by atoms with Crippen LogP contribution in [0.5, 0.6) is 11.5 Å². The van der Waals surface area contributed by atoms with Crippen molar-refractivity contribution in [1.29, 1.82) is 0 Å². The third kappa shape index (κ3) is 6.76. The summed E-state index contributed by atoms with van der Waals surface area (Å²) in [5.74, 6) is 1.85. The number of carbonyl (C=O) groups excluding carboxylic acids is 2. The lowest BCUT2D eigenvalue weighted by Crippen LogP contribution is -2.36. The molecule has 1 aliphatic heterocycles. The lowest BCUT2D eigenvalue weighted by molar-refractivity contribution is -0.116. The van der Waals surface area contributed by atoms with Gasteiger partial charge in [-0.3, -0.25) is 14.2 Å². The van der Waals surface area contributed by atoms with Gasteiger partial charge in [-0.2, -0.15) is 0 Å². The van der Waals surface area contributed by atoms with Gasteiger partial charge in [0.25, 0.3) is 5.91 Å². The van der Waals surface area contributed by atoms with Gasteiger partial charge in [-0.05, 0) is 67.3 Å². The van der Waals surface area contributed by atoms with Crippen molar-refractivity contribution in [3.8, 4) is 17.2 Å². The summed E-state index contributed by atoms with van der Waals surface area (Å²) in [6, 6.07) is 22.7. The fourth-order valence-electron chi connectivity index (χ4n) is 4.86. The summed E-state index contributed by atoms with van der Waals surface area (Å²) >= 11 is 1.31. The molecule has 0 fully saturated rings. The normalized spacial score (nSPS) is 12.5. The van der Waals surface area contributed by atoms with Crippen molar-refractivity contribution in [1.82, 2.24) is 20.1 Å². The second-order valence-electron chi connectivity index (χ2n) is 9.88. The Hall–Kier alpha value is -4.31. The van der Waals surface area contributed by atoms with Gasteiger partial charge in [-0.15, -0.1) is 10.2 Å². The quantitative estimate of drug-likeness (QED) is 0.174. The molecule has 1 aromatic heterocycles. The molecule has 42 heavy (non-hydrogen) atoms. The van der Waals surface area contributed by atoms with Crippen LogP contribution in [-0.2, 0) is 17.8 Å². The van der Waals surface area contributed by atoms with Crippen LogP contribution in [0, 0.1) is 0 Å². The zero-order valence-electron chi connectivity index (χ0n) is 23.9. The molecule has 2 amide bonds. The van der Waals surface area contributed by atoms with Crippen LogP contribution in [0.4, 0.5) is 5.69 Å². The highest BCUT2D eigenvalue weighted by Crippen LogP contribution is 2.31.